The SMILES string of the molecule is CCC[CH2][Sn]([CH2]CCC)([CH2]CCC)[c]1scc(C)c1C. The minimum atomic E-state index is -2.12. The molecule has 0 aromatic carbocycles. The van der Waals surface area contributed by atoms with Gasteiger partial charge in [-0.3, -0.25) is 0 Å². The molecule has 0 nitrogen and oxygen atoms in total. The van der Waals surface area contributed by atoms with Gasteiger partial charge in [-0.05, 0) is 0 Å². The molecule has 1 rings (SSSR count). The first kappa shape index (κ1) is 18.5. The molecule has 0 unspecified atom stereocenters. The van der Waals surface area contributed by atoms with Gasteiger partial charge in [0, 0.05) is 0 Å². The molecule has 0 N–H and O–H groups in total. The zero-order valence-corrected chi connectivity index (χ0v) is 18.0. The molecule has 0 saturated heterocycles. The van der Waals surface area contributed by atoms with Gasteiger partial charge in [0.05, 0.1) is 0 Å². The second kappa shape index (κ2) is 9.50. The van der Waals surface area contributed by atoms with Crippen LogP contribution in [0.4, 0.5) is 0 Å². The van der Waals surface area contributed by atoms with Gasteiger partial charge in [0.25, 0.3) is 0 Å². The van der Waals surface area contributed by atoms with Crippen LogP contribution in [0.15, 0.2) is 5.38 Å². The van der Waals surface area contributed by atoms with Crippen molar-refractivity contribution in [1.29, 1.82) is 0 Å². The summed E-state index contributed by atoms with van der Waals surface area (Å²) in [5, 5.41) is 2.43. The maximum absolute atomic E-state index is 2.43. The summed E-state index contributed by atoms with van der Waals surface area (Å²) in [6.45, 7) is 11.8. The topological polar surface area (TPSA) is 0 Å². The Kier molecular flexibility index (Phi) is 8.81. The second-order valence-corrected chi connectivity index (χ2v) is 21.4. The van der Waals surface area contributed by atoms with Crippen molar-refractivity contribution in [3.63, 3.8) is 0 Å². The standard InChI is InChI=1S/C6H7S.3C4H9.Sn/c1-5-3-7-4-6(5)2;3*1-3-4-2;/h3H,1-2H3;3*1,3-4H2,2H3;. The van der Waals surface area contributed by atoms with Crippen LogP contribution in [0.25, 0.3) is 0 Å². The Hall–Kier alpha value is 0.499. The van der Waals surface area contributed by atoms with Crippen LogP contribution in [0.1, 0.15) is 70.4 Å². The third kappa shape index (κ3) is 4.76. The van der Waals surface area contributed by atoms with Crippen LogP contribution in [0.3, 0.4) is 0 Å². The van der Waals surface area contributed by atoms with Gasteiger partial charge < -0.3 is 0 Å². The van der Waals surface area contributed by atoms with Gasteiger partial charge >= 0.3 is 136 Å². The number of hydrogen-bond donors (Lipinski definition) is 0. The van der Waals surface area contributed by atoms with Crippen molar-refractivity contribution in [2.45, 2.75) is 86.5 Å². The number of rotatable bonds is 10. The zero-order chi connectivity index (χ0) is 15.0. The quantitative estimate of drug-likeness (QED) is 0.397. The van der Waals surface area contributed by atoms with Crippen LogP contribution < -0.4 is 2.89 Å². The molecule has 1 heterocycles. The number of aryl methyl sites for hydroxylation is 1. The van der Waals surface area contributed by atoms with E-state index < -0.39 is 18.4 Å². The molecule has 0 spiro atoms. The first-order valence-corrected chi connectivity index (χ1v) is 17.0. The number of thiophene rings is 1. The van der Waals surface area contributed by atoms with E-state index in [0.29, 0.717) is 0 Å². The van der Waals surface area contributed by atoms with Crippen LogP contribution in [-0.4, -0.2) is 18.4 Å². The maximum atomic E-state index is 2.43. The third-order valence-corrected chi connectivity index (χ3v) is 24.8. The fourth-order valence-corrected chi connectivity index (χ4v) is 24.8. The first-order chi connectivity index (χ1) is 9.61. The third-order valence-electron chi connectivity index (χ3n) is 4.79. The monoisotopic (exact) mass is 402 g/mol. The summed E-state index contributed by atoms with van der Waals surface area (Å²) in [6.07, 6.45) is 8.54. The van der Waals surface area contributed by atoms with E-state index in [1.165, 1.54) is 38.5 Å². The summed E-state index contributed by atoms with van der Waals surface area (Å²) in [5.41, 5.74) is 3.23. The van der Waals surface area contributed by atoms with Crippen molar-refractivity contribution in [1.82, 2.24) is 0 Å². The Balaban J connectivity index is 3.08. The number of hydrogen-bond acceptors (Lipinski definition) is 1. The van der Waals surface area contributed by atoms with E-state index in [2.05, 4.69) is 51.3 Å². The molecule has 0 aliphatic heterocycles. The molecule has 2 heteroatoms. The Morgan fingerprint density at radius 1 is 0.850 bits per heavy atom. The minimum absolute atomic E-state index is 1.38. The van der Waals surface area contributed by atoms with Crippen molar-refractivity contribution in [3.05, 3.63) is 16.5 Å². The fourth-order valence-electron chi connectivity index (χ4n) is 3.29. The first-order valence-electron chi connectivity index (χ1n) is 8.66. The molecule has 116 valence electrons. The van der Waals surface area contributed by atoms with Crippen LogP contribution >= 0.6 is 11.3 Å². The molecule has 0 bridgehead atoms. The zero-order valence-electron chi connectivity index (χ0n) is 14.3. The number of unbranched alkanes of at least 4 members (excludes halogenated alkanes) is 3. The molecule has 20 heavy (non-hydrogen) atoms. The van der Waals surface area contributed by atoms with Gasteiger partial charge in [0.1, 0.15) is 0 Å². The van der Waals surface area contributed by atoms with Gasteiger partial charge in [-0.25, -0.2) is 0 Å². The molecule has 0 radical (unpaired) electrons. The van der Waals surface area contributed by atoms with E-state index in [-0.39, 0.29) is 0 Å². The van der Waals surface area contributed by atoms with Gasteiger partial charge in [-0.1, -0.05) is 0 Å². The Bertz CT molecular complexity index is 359. The molecule has 0 saturated carbocycles. The Labute approximate surface area is 135 Å². The summed E-state index contributed by atoms with van der Waals surface area (Å²) in [7, 11) is 0. The molecular formula is C18H34SSn. The van der Waals surface area contributed by atoms with Crippen molar-refractivity contribution in [3.8, 4) is 0 Å². The van der Waals surface area contributed by atoms with E-state index in [4.69, 9.17) is 0 Å². The molecule has 0 aliphatic carbocycles. The van der Waals surface area contributed by atoms with Crippen molar-refractivity contribution in [2.24, 2.45) is 0 Å². The van der Waals surface area contributed by atoms with Crippen molar-refractivity contribution >= 4 is 32.6 Å². The Morgan fingerprint density at radius 2 is 1.30 bits per heavy atom. The van der Waals surface area contributed by atoms with E-state index in [0.717, 1.165) is 0 Å². The summed E-state index contributed by atoms with van der Waals surface area (Å²) in [4.78, 5) is 0. The van der Waals surface area contributed by atoms with Gasteiger partial charge in [-0.15, -0.1) is 0 Å². The second-order valence-electron chi connectivity index (χ2n) is 6.46. The summed E-state index contributed by atoms with van der Waals surface area (Å²) >= 11 is 0.00891. The van der Waals surface area contributed by atoms with Crippen LogP contribution in [0, 0.1) is 13.8 Å². The van der Waals surface area contributed by atoms with E-state index in [1.807, 2.05) is 2.89 Å². The molecule has 0 amide bonds. The molecule has 0 atom stereocenters. The molecule has 0 fully saturated rings. The average molecular weight is 401 g/mol. The summed E-state index contributed by atoms with van der Waals surface area (Å²) in [6, 6.07) is 0. The molecule has 0 aliphatic rings. The van der Waals surface area contributed by atoms with Gasteiger partial charge in [-0.2, -0.15) is 0 Å². The van der Waals surface area contributed by atoms with E-state index in [1.54, 1.807) is 24.4 Å². The van der Waals surface area contributed by atoms with E-state index >= 15 is 0 Å². The molecular weight excluding hydrogens is 367 g/mol. The van der Waals surface area contributed by atoms with Crippen LogP contribution in [0.5, 0.6) is 0 Å². The Morgan fingerprint density at radius 3 is 1.60 bits per heavy atom. The van der Waals surface area contributed by atoms with Gasteiger partial charge in [0.2, 0.25) is 0 Å². The van der Waals surface area contributed by atoms with E-state index in [9.17, 15) is 0 Å². The van der Waals surface area contributed by atoms with Crippen molar-refractivity contribution in [2.75, 3.05) is 0 Å². The van der Waals surface area contributed by atoms with Crippen LogP contribution in [0.2, 0.25) is 13.3 Å². The fraction of sp³-hybridized carbons (Fsp3) is 0.778. The average Bonchev–Trinajstić information content (AvgIpc) is 2.79. The van der Waals surface area contributed by atoms with Gasteiger partial charge in [0.15, 0.2) is 0 Å². The predicted octanol–water partition coefficient (Wildman–Crippen LogP) is 6.42. The molecule has 1 aromatic rings. The summed E-state index contributed by atoms with van der Waals surface area (Å²) in [5.74, 6) is 0. The summed E-state index contributed by atoms with van der Waals surface area (Å²) < 4.78 is 6.73. The normalized spacial score (nSPS) is 12.1. The molecule has 1 aromatic heterocycles. The van der Waals surface area contributed by atoms with Crippen LogP contribution in [-0.2, 0) is 0 Å². The van der Waals surface area contributed by atoms with Crippen molar-refractivity contribution < 1.29 is 0 Å². The predicted molar refractivity (Wildman–Crippen MR) is 98.3 cm³/mol.